The predicted molar refractivity (Wildman–Crippen MR) is 104 cm³/mol. The SMILES string of the molecule is CCCCCCCN1C(=O)O/C(=C\c2ccccc2)C1CCCCC. The van der Waals surface area contributed by atoms with Crippen LogP contribution in [0.1, 0.15) is 77.2 Å². The second-order valence-electron chi connectivity index (χ2n) is 6.94. The van der Waals surface area contributed by atoms with E-state index in [9.17, 15) is 4.79 Å². The molecule has 2 rings (SSSR count). The molecule has 3 heteroatoms. The maximum Gasteiger partial charge on any atom is 0.415 e. The lowest BCUT2D eigenvalue weighted by atomic mass is 10.0. The molecule has 1 aromatic carbocycles. The number of cyclic esters (lactones) is 1. The predicted octanol–water partition coefficient (Wildman–Crippen LogP) is 6.40. The Morgan fingerprint density at radius 3 is 2.36 bits per heavy atom. The van der Waals surface area contributed by atoms with Crippen LogP contribution in [0.25, 0.3) is 6.08 Å². The van der Waals surface area contributed by atoms with E-state index in [1.54, 1.807) is 0 Å². The minimum Gasteiger partial charge on any atom is -0.412 e. The van der Waals surface area contributed by atoms with E-state index in [0.29, 0.717) is 0 Å². The number of carbonyl (C=O) groups is 1. The molecule has 1 amide bonds. The Morgan fingerprint density at radius 2 is 1.64 bits per heavy atom. The topological polar surface area (TPSA) is 29.5 Å². The number of hydrogen-bond donors (Lipinski definition) is 0. The summed E-state index contributed by atoms with van der Waals surface area (Å²) >= 11 is 0. The Hall–Kier alpha value is -1.77. The third-order valence-corrected chi connectivity index (χ3v) is 4.84. The smallest absolute Gasteiger partial charge is 0.412 e. The monoisotopic (exact) mass is 343 g/mol. The molecule has 1 aromatic rings. The van der Waals surface area contributed by atoms with Gasteiger partial charge < -0.3 is 4.74 Å². The van der Waals surface area contributed by atoms with Crippen molar-refractivity contribution in [1.29, 1.82) is 0 Å². The quantitative estimate of drug-likeness (QED) is 0.435. The Morgan fingerprint density at radius 1 is 0.960 bits per heavy atom. The molecule has 0 radical (unpaired) electrons. The minimum atomic E-state index is -0.167. The van der Waals surface area contributed by atoms with Crippen molar-refractivity contribution in [3.63, 3.8) is 0 Å². The molecule has 0 bridgehead atoms. The summed E-state index contributed by atoms with van der Waals surface area (Å²) in [6.45, 7) is 5.25. The van der Waals surface area contributed by atoms with Crippen molar-refractivity contribution in [3.8, 4) is 0 Å². The number of benzene rings is 1. The zero-order valence-corrected chi connectivity index (χ0v) is 15.9. The number of amides is 1. The molecule has 1 aliphatic rings. The van der Waals surface area contributed by atoms with Gasteiger partial charge in [0.1, 0.15) is 5.76 Å². The van der Waals surface area contributed by atoms with Gasteiger partial charge in [-0.3, -0.25) is 4.90 Å². The summed E-state index contributed by atoms with van der Waals surface area (Å²) in [5, 5.41) is 0. The maximum absolute atomic E-state index is 12.4. The van der Waals surface area contributed by atoms with E-state index >= 15 is 0 Å². The molecule has 1 saturated heterocycles. The summed E-state index contributed by atoms with van der Waals surface area (Å²) in [5.74, 6) is 0.820. The first-order chi connectivity index (χ1) is 12.3. The Balaban J connectivity index is 2.03. The van der Waals surface area contributed by atoms with Crippen LogP contribution in [0.3, 0.4) is 0 Å². The van der Waals surface area contributed by atoms with Gasteiger partial charge in [-0.15, -0.1) is 0 Å². The van der Waals surface area contributed by atoms with Crippen LogP contribution >= 0.6 is 0 Å². The van der Waals surface area contributed by atoms with Gasteiger partial charge in [-0.2, -0.15) is 0 Å². The third-order valence-electron chi connectivity index (χ3n) is 4.84. The molecular weight excluding hydrogens is 310 g/mol. The minimum absolute atomic E-state index is 0.102. The highest BCUT2D eigenvalue weighted by atomic mass is 16.6. The zero-order chi connectivity index (χ0) is 17.9. The van der Waals surface area contributed by atoms with Crippen LogP contribution in [0.2, 0.25) is 0 Å². The van der Waals surface area contributed by atoms with Gasteiger partial charge in [0.25, 0.3) is 0 Å². The van der Waals surface area contributed by atoms with Gasteiger partial charge in [0.2, 0.25) is 0 Å². The van der Waals surface area contributed by atoms with Crippen molar-refractivity contribution in [1.82, 2.24) is 4.90 Å². The molecule has 0 aliphatic carbocycles. The highest BCUT2D eigenvalue weighted by Gasteiger charge is 2.36. The zero-order valence-electron chi connectivity index (χ0n) is 15.9. The van der Waals surface area contributed by atoms with Gasteiger partial charge in [0, 0.05) is 6.54 Å². The lowest BCUT2D eigenvalue weighted by Crippen LogP contribution is -2.33. The first-order valence-electron chi connectivity index (χ1n) is 10.0. The fourth-order valence-corrected chi connectivity index (χ4v) is 3.37. The van der Waals surface area contributed by atoms with E-state index in [1.165, 1.54) is 38.5 Å². The fourth-order valence-electron chi connectivity index (χ4n) is 3.37. The van der Waals surface area contributed by atoms with E-state index in [-0.39, 0.29) is 12.1 Å². The molecule has 1 aliphatic heterocycles. The first-order valence-corrected chi connectivity index (χ1v) is 10.0. The van der Waals surface area contributed by atoms with Crippen molar-refractivity contribution >= 4 is 12.2 Å². The molecule has 0 aromatic heterocycles. The molecular formula is C22H33NO2. The number of hydrogen-bond acceptors (Lipinski definition) is 2. The Bertz CT molecular complexity index is 538. The second-order valence-corrected chi connectivity index (χ2v) is 6.94. The van der Waals surface area contributed by atoms with Crippen LogP contribution in [0, 0.1) is 0 Å². The van der Waals surface area contributed by atoms with Crippen molar-refractivity contribution in [2.75, 3.05) is 6.54 Å². The van der Waals surface area contributed by atoms with Gasteiger partial charge in [-0.1, -0.05) is 89.1 Å². The molecule has 0 spiro atoms. The number of unbranched alkanes of at least 4 members (excludes halogenated alkanes) is 6. The van der Waals surface area contributed by atoms with Crippen LogP contribution < -0.4 is 0 Å². The van der Waals surface area contributed by atoms with Crippen LogP contribution in [0.15, 0.2) is 36.1 Å². The first kappa shape index (κ1) is 19.6. The van der Waals surface area contributed by atoms with E-state index in [1.807, 2.05) is 29.2 Å². The summed E-state index contributed by atoms with van der Waals surface area (Å²) in [5.41, 5.74) is 1.09. The van der Waals surface area contributed by atoms with Crippen LogP contribution in [0.4, 0.5) is 4.79 Å². The van der Waals surface area contributed by atoms with E-state index < -0.39 is 0 Å². The van der Waals surface area contributed by atoms with E-state index in [0.717, 1.165) is 37.1 Å². The average molecular weight is 344 g/mol. The number of carbonyl (C=O) groups excluding carboxylic acids is 1. The molecule has 138 valence electrons. The summed E-state index contributed by atoms with van der Waals surface area (Å²) in [4.78, 5) is 14.4. The lowest BCUT2D eigenvalue weighted by molar-refractivity contribution is 0.163. The van der Waals surface area contributed by atoms with Gasteiger partial charge in [-0.05, 0) is 24.5 Å². The van der Waals surface area contributed by atoms with E-state index in [2.05, 4.69) is 26.0 Å². The van der Waals surface area contributed by atoms with Crippen molar-refractivity contribution in [2.45, 2.75) is 77.7 Å². The molecule has 1 heterocycles. The van der Waals surface area contributed by atoms with Crippen molar-refractivity contribution in [3.05, 3.63) is 41.7 Å². The van der Waals surface area contributed by atoms with Gasteiger partial charge in [0.05, 0.1) is 6.04 Å². The molecule has 3 nitrogen and oxygen atoms in total. The Kier molecular flexibility index (Phi) is 8.58. The summed E-state index contributed by atoms with van der Waals surface area (Å²) in [6.07, 6.45) is 12.4. The highest BCUT2D eigenvalue weighted by Crippen LogP contribution is 2.29. The maximum atomic E-state index is 12.4. The average Bonchev–Trinajstić information content (AvgIpc) is 2.91. The number of ether oxygens (including phenoxy) is 1. The molecule has 1 atom stereocenters. The van der Waals surface area contributed by atoms with Crippen molar-refractivity contribution in [2.24, 2.45) is 0 Å². The number of rotatable bonds is 11. The van der Waals surface area contributed by atoms with Gasteiger partial charge in [-0.25, -0.2) is 4.79 Å². The molecule has 1 fully saturated rings. The lowest BCUT2D eigenvalue weighted by Gasteiger charge is -2.21. The van der Waals surface area contributed by atoms with Gasteiger partial charge in [0.15, 0.2) is 0 Å². The Labute approximate surface area is 153 Å². The van der Waals surface area contributed by atoms with Crippen LogP contribution in [0.5, 0.6) is 0 Å². The largest absolute Gasteiger partial charge is 0.415 e. The van der Waals surface area contributed by atoms with Gasteiger partial charge >= 0.3 is 6.09 Å². The summed E-state index contributed by atoms with van der Waals surface area (Å²) in [6, 6.07) is 10.2. The van der Waals surface area contributed by atoms with Crippen molar-refractivity contribution < 1.29 is 9.53 Å². The molecule has 0 saturated carbocycles. The summed E-state index contributed by atoms with van der Waals surface area (Å²) in [7, 11) is 0. The van der Waals surface area contributed by atoms with Crippen LogP contribution in [-0.2, 0) is 4.74 Å². The molecule has 0 N–H and O–H groups in total. The number of nitrogens with zero attached hydrogens (tertiary/aromatic N) is 1. The molecule has 25 heavy (non-hydrogen) atoms. The normalized spacial score (nSPS) is 18.8. The highest BCUT2D eigenvalue weighted by molar-refractivity contribution is 5.75. The standard InChI is InChI=1S/C22H33NO2/c1-3-5-7-8-13-17-23-20(16-10-6-4-2)21(25-22(23)24)18-19-14-11-9-12-15-19/h9,11-12,14-15,18,20H,3-8,10,13,16-17H2,1-2H3/b21-18-. The third kappa shape index (κ3) is 6.22. The fraction of sp³-hybridized carbons (Fsp3) is 0.591. The molecule has 1 unspecified atom stereocenters. The van der Waals surface area contributed by atoms with Crippen LogP contribution in [-0.4, -0.2) is 23.6 Å². The summed E-state index contributed by atoms with van der Waals surface area (Å²) < 4.78 is 5.65. The second kappa shape index (κ2) is 11.0. The van der Waals surface area contributed by atoms with E-state index in [4.69, 9.17) is 4.74 Å².